The molecule has 29 heavy (non-hydrogen) atoms. The maximum Gasteiger partial charge on any atom is 0.264 e. The standard InChI is InChI=1S/C22H25N3O3S/c1-15(2)17(14-23)24-7-9-25(10-8-24)22(26)21-6-5-20(29-21)16-3-4-18-19(13-16)28-12-11-27-18/h3-6,13,15,17H,7-12H2,1-2H3. The number of fused-ring (bicyclic) bond motifs is 1. The third kappa shape index (κ3) is 4.09. The molecule has 2 aromatic rings. The Morgan fingerprint density at radius 3 is 2.48 bits per heavy atom. The van der Waals surface area contributed by atoms with Crippen LogP contribution in [-0.4, -0.2) is 61.1 Å². The Labute approximate surface area is 175 Å². The zero-order valence-corrected chi connectivity index (χ0v) is 17.6. The Balaban J connectivity index is 1.42. The quantitative estimate of drug-likeness (QED) is 0.771. The second-order valence-electron chi connectivity index (χ2n) is 7.67. The van der Waals surface area contributed by atoms with Gasteiger partial charge in [0.05, 0.1) is 10.9 Å². The average molecular weight is 412 g/mol. The smallest absolute Gasteiger partial charge is 0.264 e. The van der Waals surface area contributed by atoms with Gasteiger partial charge in [0, 0.05) is 31.1 Å². The number of nitrogens with zero attached hydrogens (tertiary/aromatic N) is 3. The van der Waals surface area contributed by atoms with Crippen molar-refractivity contribution in [1.29, 1.82) is 5.26 Å². The highest BCUT2D eigenvalue weighted by Crippen LogP contribution is 2.37. The lowest BCUT2D eigenvalue weighted by atomic mass is 10.0. The number of nitriles is 1. The van der Waals surface area contributed by atoms with Crippen LogP contribution in [0.25, 0.3) is 10.4 Å². The first-order valence-electron chi connectivity index (χ1n) is 9.99. The second kappa shape index (κ2) is 8.44. The first-order valence-corrected chi connectivity index (χ1v) is 10.8. The molecule has 1 aromatic heterocycles. The fourth-order valence-corrected chi connectivity index (χ4v) is 4.79. The number of rotatable bonds is 4. The SMILES string of the molecule is CC(C)C(C#N)N1CCN(C(=O)c2ccc(-c3ccc4c(c3)OCCO4)s2)CC1. The molecule has 0 radical (unpaired) electrons. The molecular formula is C22H25N3O3S. The van der Waals surface area contributed by atoms with Crippen LogP contribution in [0.5, 0.6) is 11.5 Å². The number of thiophene rings is 1. The summed E-state index contributed by atoms with van der Waals surface area (Å²) in [5.74, 6) is 1.87. The van der Waals surface area contributed by atoms with Crippen molar-refractivity contribution < 1.29 is 14.3 Å². The second-order valence-corrected chi connectivity index (χ2v) is 8.75. The van der Waals surface area contributed by atoms with E-state index in [4.69, 9.17) is 9.47 Å². The molecule has 0 aliphatic carbocycles. The minimum absolute atomic E-state index is 0.0662. The summed E-state index contributed by atoms with van der Waals surface area (Å²) in [6.45, 7) is 8.05. The fourth-order valence-electron chi connectivity index (χ4n) is 3.82. The summed E-state index contributed by atoms with van der Waals surface area (Å²) in [7, 11) is 0. The van der Waals surface area contributed by atoms with Gasteiger partial charge in [0.1, 0.15) is 19.3 Å². The van der Waals surface area contributed by atoms with E-state index < -0.39 is 0 Å². The highest BCUT2D eigenvalue weighted by Gasteiger charge is 2.28. The van der Waals surface area contributed by atoms with Gasteiger partial charge in [-0.3, -0.25) is 9.69 Å². The van der Waals surface area contributed by atoms with E-state index >= 15 is 0 Å². The maximum absolute atomic E-state index is 13.0. The van der Waals surface area contributed by atoms with E-state index in [2.05, 4.69) is 24.8 Å². The Kier molecular flexibility index (Phi) is 5.74. The van der Waals surface area contributed by atoms with Crippen molar-refractivity contribution in [2.75, 3.05) is 39.4 Å². The van der Waals surface area contributed by atoms with Crippen LogP contribution in [0.3, 0.4) is 0 Å². The predicted molar refractivity (Wildman–Crippen MR) is 112 cm³/mol. The normalized spacial score (nSPS) is 17.8. The van der Waals surface area contributed by atoms with Crippen LogP contribution < -0.4 is 9.47 Å². The third-order valence-corrected chi connectivity index (χ3v) is 6.52. The Morgan fingerprint density at radius 2 is 1.79 bits per heavy atom. The predicted octanol–water partition coefficient (Wildman–Crippen LogP) is 3.49. The summed E-state index contributed by atoms with van der Waals surface area (Å²) in [5, 5.41) is 9.40. The Morgan fingerprint density at radius 1 is 1.07 bits per heavy atom. The number of hydrogen-bond donors (Lipinski definition) is 0. The number of benzene rings is 1. The Bertz CT molecular complexity index is 926. The van der Waals surface area contributed by atoms with Crippen molar-refractivity contribution in [2.24, 2.45) is 5.92 Å². The lowest BCUT2D eigenvalue weighted by Crippen LogP contribution is -2.52. The summed E-state index contributed by atoms with van der Waals surface area (Å²) >= 11 is 1.50. The summed E-state index contributed by atoms with van der Waals surface area (Å²) in [4.78, 5) is 18.8. The van der Waals surface area contributed by atoms with Crippen LogP contribution in [0.1, 0.15) is 23.5 Å². The fraction of sp³-hybridized carbons (Fsp3) is 0.455. The molecule has 1 amide bonds. The molecule has 0 spiro atoms. The monoisotopic (exact) mass is 411 g/mol. The van der Waals surface area contributed by atoms with Gasteiger partial charge in [-0.25, -0.2) is 0 Å². The van der Waals surface area contributed by atoms with Gasteiger partial charge in [-0.15, -0.1) is 11.3 Å². The van der Waals surface area contributed by atoms with E-state index in [1.165, 1.54) is 11.3 Å². The highest BCUT2D eigenvalue weighted by atomic mass is 32.1. The minimum Gasteiger partial charge on any atom is -0.486 e. The van der Waals surface area contributed by atoms with E-state index in [1.54, 1.807) is 0 Å². The number of ether oxygens (including phenoxy) is 2. The van der Waals surface area contributed by atoms with Gasteiger partial charge in [0.25, 0.3) is 5.91 Å². The molecule has 4 rings (SSSR count). The van der Waals surface area contributed by atoms with Crippen LogP contribution in [-0.2, 0) is 0 Å². The van der Waals surface area contributed by atoms with E-state index in [-0.39, 0.29) is 17.9 Å². The van der Waals surface area contributed by atoms with Gasteiger partial charge in [-0.2, -0.15) is 5.26 Å². The molecule has 152 valence electrons. The lowest BCUT2D eigenvalue weighted by molar-refractivity contribution is 0.0581. The number of carbonyl (C=O) groups is 1. The van der Waals surface area contributed by atoms with Gasteiger partial charge < -0.3 is 14.4 Å². The van der Waals surface area contributed by atoms with Crippen LogP contribution in [0.15, 0.2) is 30.3 Å². The van der Waals surface area contributed by atoms with Crippen molar-refractivity contribution in [2.45, 2.75) is 19.9 Å². The molecule has 1 unspecified atom stereocenters. The number of piperazine rings is 1. The topological polar surface area (TPSA) is 65.8 Å². The van der Waals surface area contributed by atoms with Crippen molar-refractivity contribution in [3.8, 4) is 28.0 Å². The largest absolute Gasteiger partial charge is 0.486 e. The summed E-state index contributed by atoms with van der Waals surface area (Å²) in [6.07, 6.45) is 0. The first-order chi connectivity index (χ1) is 14.1. The molecule has 0 saturated carbocycles. The minimum atomic E-state index is -0.0872. The van der Waals surface area contributed by atoms with Crippen molar-refractivity contribution >= 4 is 17.2 Å². The van der Waals surface area contributed by atoms with E-state index in [0.717, 1.165) is 39.9 Å². The van der Waals surface area contributed by atoms with Crippen molar-refractivity contribution in [3.63, 3.8) is 0 Å². The van der Waals surface area contributed by atoms with Crippen molar-refractivity contribution in [1.82, 2.24) is 9.80 Å². The van der Waals surface area contributed by atoms with Crippen LogP contribution in [0.2, 0.25) is 0 Å². The molecule has 1 aromatic carbocycles. The molecule has 2 aliphatic rings. The van der Waals surface area contributed by atoms with Crippen molar-refractivity contribution in [3.05, 3.63) is 35.2 Å². The Hall–Kier alpha value is -2.56. The molecule has 0 N–H and O–H groups in total. The molecule has 0 bridgehead atoms. The van der Waals surface area contributed by atoms with Gasteiger partial charge >= 0.3 is 0 Å². The molecule has 7 heteroatoms. The zero-order chi connectivity index (χ0) is 20.4. The van der Waals surface area contributed by atoms with Gasteiger partial charge in [0.2, 0.25) is 0 Å². The zero-order valence-electron chi connectivity index (χ0n) is 16.8. The number of amides is 1. The van der Waals surface area contributed by atoms with Gasteiger partial charge in [-0.1, -0.05) is 13.8 Å². The van der Waals surface area contributed by atoms with Crippen LogP contribution >= 0.6 is 11.3 Å². The third-order valence-electron chi connectivity index (χ3n) is 5.40. The lowest BCUT2D eigenvalue weighted by Gasteiger charge is -2.38. The van der Waals surface area contributed by atoms with E-state index in [0.29, 0.717) is 26.3 Å². The maximum atomic E-state index is 13.0. The molecule has 3 heterocycles. The molecule has 1 fully saturated rings. The summed E-state index contributed by atoms with van der Waals surface area (Å²) < 4.78 is 11.2. The van der Waals surface area contributed by atoms with E-state index in [1.807, 2.05) is 35.2 Å². The van der Waals surface area contributed by atoms with Crippen LogP contribution in [0, 0.1) is 17.2 Å². The first kappa shape index (κ1) is 19.7. The van der Waals surface area contributed by atoms with Gasteiger partial charge in [-0.05, 0) is 41.8 Å². The average Bonchev–Trinajstić information content (AvgIpc) is 3.24. The summed E-state index contributed by atoms with van der Waals surface area (Å²) in [5.41, 5.74) is 1.02. The van der Waals surface area contributed by atoms with Gasteiger partial charge in [0.15, 0.2) is 11.5 Å². The molecule has 2 aliphatic heterocycles. The molecular weight excluding hydrogens is 386 g/mol. The summed E-state index contributed by atoms with van der Waals surface area (Å²) in [6, 6.07) is 12.1. The number of carbonyl (C=O) groups excluding carboxylic acids is 1. The van der Waals surface area contributed by atoms with Crippen LogP contribution in [0.4, 0.5) is 0 Å². The molecule has 1 saturated heterocycles. The number of hydrogen-bond acceptors (Lipinski definition) is 6. The highest BCUT2D eigenvalue weighted by molar-refractivity contribution is 7.17. The molecule has 1 atom stereocenters. The van der Waals surface area contributed by atoms with E-state index in [9.17, 15) is 10.1 Å². The molecule has 6 nitrogen and oxygen atoms in total.